The van der Waals surface area contributed by atoms with Crippen LogP contribution in [0.25, 0.3) is 20.7 Å². The number of fused-ring (bicyclic) bond motifs is 2. The monoisotopic (exact) mass is 1380 g/mol. The molecule has 2 aliphatic heterocycles. The number of likely N-dealkylation sites (tertiary alicyclic amines) is 1. The number of benzene rings is 4. The molecule has 3 atom stereocenters. The first-order chi connectivity index (χ1) is 46.5. The molecule has 0 bridgehead atoms. The first kappa shape index (κ1) is 71.2. The molecule has 5 amide bonds. The number of rotatable bonds is 30. The van der Waals surface area contributed by atoms with Gasteiger partial charge in [0.15, 0.2) is 33.2 Å². The zero-order chi connectivity index (χ0) is 69.0. The number of hydrogen-bond acceptors (Lipinski definition) is 18. The van der Waals surface area contributed by atoms with Crippen molar-refractivity contribution in [1.29, 1.82) is 0 Å². The normalized spacial score (nSPS) is 15.9. The van der Waals surface area contributed by atoms with Crippen molar-refractivity contribution in [3.8, 4) is 39.5 Å². The summed E-state index contributed by atoms with van der Waals surface area (Å²) in [4.78, 5) is 101. The molecule has 1 saturated carbocycles. The summed E-state index contributed by atoms with van der Waals surface area (Å²) >= 11 is 4.12. The van der Waals surface area contributed by atoms with Crippen molar-refractivity contribution in [2.75, 3.05) is 70.3 Å². The summed E-state index contributed by atoms with van der Waals surface area (Å²) in [6.45, 7) is 9.29. The number of carboxylic acid groups (broad SMARTS) is 1. The number of aromatic nitrogens is 3. The van der Waals surface area contributed by atoms with E-state index in [1.807, 2.05) is 73.3 Å². The Bertz CT molecular complexity index is 4050. The Morgan fingerprint density at radius 3 is 2.36 bits per heavy atom. The molecule has 1 aliphatic carbocycles. The Kier molecular flexibility index (Phi) is 23.6. The maximum Gasteiger partial charge on any atom is 0.355 e. The van der Waals surface area contributed by atoms with Crippen LogP contribution in [-0.2, 0) is 45.1 Å². The van der Waals surface area contributed by atoms with Gasteiger partial charge in [-0.2, -0.15) is 0 Å². The molecule has 7 aromatic rings. The number of aliphatic hydroxyl groups excluding tert-OH is 1. The van der Waals surface area contributed by atoms with Gasteiger partial charge < -0.3 is 50.2 Å². The van der Waals surface area contributed by atoms with E-state index in [-0.39, 0.29) is 81.9 Å². The first-order valence-corrected chi connectivity index (χ1v) is 35.2. The number of ether oxygens (including phenoxy) is 3. The number of amides is 5. The molecule has 26 heteroatoms. The van der Waals surface area contributed by atoms with Crippen LogP contribution in [-0.4, -0.2) is 154 Å². The van der Waals surface area contributed by atoms with E-state index in [9.17, 15) is 47.8 Å². The van der Waals surface area contributed by atoms with Crippen molar-refractivity contribution in [1.82, 2.24) is 40.7 Å². The van der Waals surface area contributed by atoms with E-state index in [1.165, 1.54) is 51.0 Å². The minimum atomic E-state index is -2.00. The van der Waals surface area contributed by atoms with Crippen molar-refractivity contribution >= 4 is 90.0 Å². The quantitative estimate of drug-likeness (QED) is 0.0181. The maximum atomic E-state index is 14.9. The molecule has 3 aliphatic rings. The number of hydrogen-bond donors (Lipinski definition) is 6. The van der Waals surface area contributed by atoms with Gasteiger partial charge in [0.25, 0.3) is 11.8 Å². The van der Waals surface area contributed by atoms with E-state index in [0.717, 1.165) is 57.6 Å². The Morgan fingerprint density at radius 1 is 0.866 bits per heavy atom. The molecule has 4 aromatic carbocycles. The number of nitrogens with zero attached hydrogens (tertiary/aromatic N) is 6. The first-order valence-electron chi connectivity index (χ1n) is 32.7. The van der Waals surface area contributed by atoms with Crippen LogP contribution in [0.2, 0.25) is 0 Å². The van der Waals surface area contributed by atoms with E-state index >= 15 is 0 Å². The summed E-state index contributed by atoms with van der Waals surface area (Å²) in [5.41, 5.74) is 4.57. The molecule has 21 nitrogen and oxygen atoms in total. The second-order valence-corrected chi connectivity index (χ2v) is 28.8. The van der Waals surface area contributed by atoms with Gasteiger partial charge in [-0.25, -0.2) is 28.5 Å². The summed E-state index contributed by atoms with van der Waals surface area (Å²) in [7, 11) is 3.80. The number of aromatic carboxylic acids is 1. The number of thiazole rings is 3. The topological polar surface area (TPSA) is 267 Å². The van der Waals surface area contributed by atoms with E-state index in [4.69, 9.17) is 14.2 Å². The standard InChI is InChI=1S/C71H82F2N10O11S3/c1-43-61(95-42-76-43)45-22-23-46(39-75-64(87)53-38-47(84)40-83(53)65(88)62(70(2,3)4)79-67(91)71(73)28-29-71)56(37-45)93-33-13-9-7-8-10-20-59(85)74-30-35-94-54-26-24-49(63(86)80-68-77-52-17-11-12-18-57(52)96-68)50-41-82(32-27-48(50)54)69-78-60(66(89)90)58(97-69)19-15-34-92-55-25-21-44(36-51(55)72)16-14-31-81(5)6/h11-12,17-18,21-26,36-37,42,47,53,62,84H,7-10,13,15,19-20,27-35,38-41H2,1-6H3,(H,74,85)(H,75,87)(H,79,91)(H,89,90)(H,77,80,86)/t47-,53+,62-/m1/s1. The summed E-state index contributed by atoms with van der Waals surface area (Å²) in [5.74, 6) is 3.06. The van der Waals surface area contributed by atoms with E-state index in [0.29, 0.717) is 101 Å². The predicted octanol–water partition coefficient (Wildman–Crippen LogP) is 10.3. The average Bonchev–Trinajstić information content (AvgIpc) is 1.69. The SMILES string of the molecule is Cc1ncsc1-c1ccc(CNC(=O)[C@@H]2C[C@@H](O)CN2C(=O)[C@@H](NC(=O)C2(F)CC2)C(C)(C)C)c(OCCCCCCCC(=O)NCCOc2ccc(C(=O)Nc3nc4ccccc4s3)c3c2CCN(c2nc(C(=O)O)c(CCCOc4ccc(C#CCN(C)C)cc4F)s2)C3)c1. The molecule has 0 spiro atoms. The van der Waals surface area contributed by atoms with Crippen LogP contribution in [0.4, 0.5) is 19.0 Å². The van der Waals surface area contributed by atoms with Gasteiger partial charge in [-0.15, -0.1) is 22.7 Å². The Hall–Kier alpha value is -8.61. The lowest BCUT2D eigenvalue weighted by Gasteiger charge is -2.35. The molecule has 5 heterocycles. The third-order valence-electron chi connectivity index (χ3n) is 17.0. The second-order valence-electron chi connectivity index (χ2n) is 25.9. The lowest BCUT2D eigenvalue weighted by atomic mass is 9.85. The Labute approximate surface area is 574 Å². The van der Waals surface area contributed by atoms with Crippen LogP contribution in [0.5, 0.6) is 17.2 Å². The van der Waals surface area contributed by atoms with Gasteiger partial charge in [0.05, 0.1) is 58.7 Å². The van der Waals surface area contributed by atoms with Crippen LogP contribution in [0.1, 0.15) is 139 Å². The number of β-amino-alcohol motifs (C(OH)–C–C–N with tert-alkyl or cyclic N) is 1. The summed E-state index contributed by atoms with van der Waals surface area (Å²) in [6.07, 6.45) is 4.63. The van der Waals surface area contributed by atoms with Crippen LogP contribution < -0.4 is 40.4 Å². The number of aryl methyl sites for hydroxylation is 2. The Balaban J connectivity index is 0.693. The van der Waals surface area contributed by atoms with Crippen LogP contribution in [0, 0.1) is 30.0 Å². The van der Waals surface area contributed by atoms with Crippen LogP contribution in [0.15, 0.2) is 78.3 Å². The molecule has 3 aromatic heterocycles. The van der Waals surface area contributed by atoms with Crippen LogP contribution >= 0.6 is 34.0 Å². The summed E-state index contributed by atoms with van der Waals surface area (Å²) in [5, 5.41) is 33.4. The highest BCUT2D eigenvalue weighted by Gasteiger charge is 2.53. The van der Waals surface area contributed by atoms with Gasteiger partial charge in [-0.3, -0.25) is 34.2 Å². The zero-order valence-electron chi connectivity index (χ0n) is 55.3. The highest BCUT2D eigenvalue weighted by molar-refractivity contribution is 7.22. The van der Waals surface area contributed by atoms with Gasteiger partial charge in [0.1, 0.15) is 30.2 Å². The van der Waals surface area contributed by atoms with Gasteiger partial charge in [0, 0.05) is 66.2 Å². The largest absolute Gasteiger partial charge is 0.493 e. The lowest BCUT2D eigenvalue weighted by Crippen LogP contribution is -2.59. The maximum absolute atomic E-state index is 14.9. The third-order valence-corrected chi connectivity index (χ3v) is 20.1. The summed E-state index contributed by atoms with van der Waals surface area (Å²) < 4.78 is 49.1. The third kappa shape index (κ3) is 18.5. The predicted molar refractivity (Wildman–Crippen MR) is 370 cm³/mol. The fourth-order valence-corrected chi connectivity index (χ4v) is 14.4. The van der Waals surface area contributed by atoms with Crippen molar-refractivity contribution in [3.63, 3.8) is 0 Å². The number of anilines is 2. The molecule has 97 heavy (non-hydrogen) atoms. The number of aliphatic hydroxyl groups is 1. The van der Waals surface area contributed by atoms with Crippen molar-refractivity contribution in [2.24, 2.45) is 5.41 Å². The smallest absolute Gasteiger partial charge is 0.355 e. The molecule has 0 radical (unpaired) electrons. The number of carboxylic acids is 1. The lowest BCUT2D eigenvalue weighted by molar-refractivity contribution is -0.145. The molecule has 514 valence electrons. The van der Waals surface area contributed by atoms with Gasteiger partial charge in [0.2, 0.25) is 17.7 Å². The van der Waals surface area contributed by atoms with E-state index < -0.39 is 58.8 Å². The molecule has 2 fully saturated rings. The van der Waals surface area contributed by atoms with E-state index in [2.05, 4.69) is 48.1 Å². The van der Waals surface area contributed by atoms with Gasteiger partial charge in [-0.1, -0.05) is 87.5 Å². The number of para-hydroxylation sites is 1. The number of alkyl halides is 1. The number of carbonyl (C=O) groups excluding carboxylic acids is 5. The highest BCUT2D eigenvalue weighted by atomic mass is 32.1. The molecule has 10 rings (SSSR count). The van der Waals surface area contributed by atoms with E-state index in [1.54, 1.807) is 44.5 Å². The molecule has 0 unspecified atom stereocenters. The molecular formula is C71H82F2N10O11S3. The zero-order valence-corrected chi connectivity index (χ0v) is 57.8. The minimum Gasteiger partial charge on any atom is -0.493 e. The molecule has 6 N–H and O–H groups in total. The van der Waals surface area contributed by atoms with Crippen molar-refractivity contribution < 1.29 is 62.0 Å². The van der Waals surface area contributed by atoms with Crippen molar-refractivity contribution in [3.05, 3.63) is 128 Å². The number of unbranched alkanes of at least 4 members (excludes halogenated alkanes) is 4. The second kappa shape index (κ2) is 32.2. The van der Waals surface area contributed by atoms with Gasteiger partial charge in [-0.05, 0) is 131 Å². The van der Waals surface area contributed by atoms with Gasteiger partial charge >= 0.3 is 5.97 Å². The van der Waals surface area contributed by atoms with Crippen LogP contribution in [0.3, 0.4) is 0 Å². The summed E-state index contributed by atoms with van der Waals surface area (Å²) in [6, 6.07) is 19.3. The van der Waals surface area contributed by atoms with Crippen molar-refractivity contribution in [2.45, 2.75) is 142 Å². The molecular weight excluding hydrogens is 1300 g/mol. The fraction of sp³-hybridized carbons (Fsp3) is 0.451. The number of nitrogens with one attached hydrogen (secondary N) is 4. The number of halogens is 2. The Morgan fingerprint density at radius 2 is 1.62 bits per heavy atom. The molecule has 1 saturated heterocycles. The average molecular weight is 1390 g/mol. The number of carbonyl (C=O) groups is 6. The minimum absolute atomic E-state index is 0.00120. The highest BCUT2D eigenvalue weighted by Crippen LogP contribution is 2.41. The fourth-order valence-electron chi connectivity index (χ4n) is 11.6.